The predicted molar refractivity (Wildman–Crippen MR) is 107 cm³/mol. The van der Waals surface area contributed by atoms with Gasteiger partial charge in [-0.3, -0.25) is 0 Å². The summed E-state index contributed by atoms with van der Waals surface area (Å²) in [6, 6.07) is 0. The number of halogens is 1. The van der Waals surface area contributed by atoms with E-state index in [0.29, 0.717) is 18.8 Å². The highest BCUT2D eigenvalue weighted by Gasteiger charge is 2.27. The topological polar surface area (TPSA) is 83.4 Å². The minimum atomic E-state index is -2.82. The molecule has 0 aliphatic carbocycles. The Morgan fingerprint density at radius 1 is 1.39 bits per heavy atom. The molecule has 1 atom stereocenters. The summed E-state index contributed by atoms with van der Waals surface area (Å²) in [5.41, 5.74) is 1.03. The zero-order valence-electron chi connectivity index (χ0n) is 13.8. The van der Waals surface area contributed by atoms with Crippen molar-refractivity contribution in [3.8, 4) is 0 Å². The van der Waals surface area contributed by atoms with Crippen LogP contribution >= 0.6 is 35.3 Å². The summed E-state index contributed by atoms with van der Waals surface area (Å²) < 4.78 is 23.0. The molecule has 0 amide bonds. The Kier molecular flexibility index (Phi) is 8.22. The number of guanidine groups is 1. The maximum atomic E-state index is 11.5. The minimum absolute atomic E-state index is 0. The molecule has 9 heteroatoms. The van der Waals surface area contributed by atoms with Crippen molar-refractivity contribution in [3.05, 3.63) is 15.6 Å². The third-order valence-corrected chi connectivity index (χ3v) is 6.50. The molecule has 6 nitrogen and oxygen atoms in total. The molecule has 23 heavy (non-hydrogen) atoms. The van der Waals surface area contributed by atoms with Gasteiger partial charge in [-0.2, -0.15) is 0 Å². The van der Waals surface area contributed by atoms with Gasteiger partial charge in [-0.05, 0) is 33.1 Å². The van der Waals surface area contributed by atoms with Crippen LogP contribution in [0.2, 0.25) is 0 Å². The second-order valence-electron chi connectivity index (χ2n) is 5.59. The number of aromatic nitrogens is 1. The number of sulfone groups is 1. The molecule has 1 saturated heterocycles. The summed E-state index contributed by atoms with van der Waals surface area (Å²) >= 11 is 1.66. The van der Waals surface area contributed by atoms with Crippen LogP contribution in [-0.2, 0) is 16.4 Å². The van der Waals surface area contributed by atoms with E-state index in [9.17, 15) is 8.42 Å². The van der Waals surface area contributed by atoms with Crippen LogP contribution in [0.3, 0.4) is 0 Å². The van der Waals surface area contributed by atoms with Gasteiger partial charge < -0.3 is 10.6 Å². The summed E-state index contributed by atoms with van der Waals surface area (Å²) in [5.74, 6) is 1.51. The number of aryl methyl sites for hydroxylation is 2. The average Bonchev–Trinajstić information content (AvgIpc) is 2.95. The molecule has 0 saturated carbocycles. The first-order valence-electron chi connectivity index (χ1n) is 7.55. The predicted octanol–water partition coefficient (Wildman–Crippen LogP) is 1.87. The average molecular weight is 472 g/mol. The Hall–Kier alpha value is -0.420. The van der Waals surface area contributed by atoms with E-state index in [1.54, 1.807) is 11.3 Å². The quantitative estimate of drug-likeness (QED) is 0.389. The third kappa shape index (κ3) is 6.54. The molecular weight excluding hydrogens is 447 g/mol. The van der Waals surface area contributed by atoms with E-state index in [4.69, 9.17) is 0 Å². The molecule has 1 aliphatic rings. The minimum Gasteiger partial charge on any atom is -0.357 e. The van der Waals surface area contributed by atoms with Crippen molar-refractivity contribution in [2.24, 2.45) is 10.9 Å². The molecule has 1 aromatic rings. The fourth-order valence-corrected chi connectivity index (χ4v) is 5.21. The van der Waals surface area contributed by atoms with Crippen molar-refractivity contribution >= 4 is 51.1 Å². The van der Waals surface area contributed by atoms with Gasteiger partial charge in [0.1, 0.15) is 0 Å². The number of thiazole rings is 1. The molecule has 0 aromatic carbocycles. The third-order valence-electron chi connectivity index (χ3n) is 3.61. The van der Waals surface area contributed by atoms with Crippen molar-refractivity contribution in [2.45, 2.75) is 33.7 Å². The fourth-order valence-electron chi connectivity index (χ4n) is 2.49. The van der Waals surface area contributed by atoms with Gasteiger partial charge in [-0.1, -0.05) is 0 Å². The van der Waals surface area contributed by atoms with Crippen molar-refractivity contribution in [1.29, 1.82) is 0 Å². The Morgan fingerprint density at radius 2 is 2.13 bits per heavy atom. The molecule has 1 aliphatic heterocycles. The number of nitrogens with one attached hydrogen (secondary N) is 2. The molecule has 1 aromatic heterocycles. The van der Waals surface area contributed by atoms with Gasteiger partial charge in [0, 0.05) is 18.0 Å². The van der Waals surface area contributed by atoms with E-state index in [1.807, 2.05) is 20.8 Å². The van der Waals surface area contributed by atoms with Crippen molar-refractivity contribution in [2.75, 3.05) is 24.6 Å². The lowest BCUT2D eigenvalue weighted by Crippen LogP contribution is -2.40. The smallest absolute Gasteiger partial charge is 0.191 e. The van der Waals surface area contributed by atoms with Gasteiger partial charge in [-0.15, -0.1) is 35.3 Å². The summed E-state index contributed by atoms with van der Waals surface area (Å²) in [4.78, 5) is 10.1. The normalized spacial score (nSPS) is 20.1. The monoisotopic (exact) mass is 472 g/mol. The second-order valence-corrected chi connectivity index (χ2v) is 9.10. The van der Waals surface area contributed by atoms with Crippen LogP contribution in [0.25, 0.3) is 0 Å². The van der Waals surface area contributed by atoms with Crippen LogP contribution in [0.15, 0.2) is 4.99 Å². The van der Waals surface area contributed by atoms with Crippen molar-refractivity contribution < 1.29 is 8.42 Å². The van der Waals surface area contributed by atoms with E-state index in [-0.39, 0.29) is 35.6 Å². The molecule has 0 radical (unpaired) electrons. The summed E-state index contributed by atoms with van der Waals surface area (Å²) in [5, 5.41) is 7.51. The molecule has 2 heterocycles. The van der Waals surface area contributed by atoms with Gasteiger partial charge in [0.15, 0.2) is 15.8 Å². The van der Waals surface area contributed by atoms with Crippen LogP contribution < -0.4 is 10.6 Å². The van der Waals surface area contributed by atoms with Crippen molar-refractivity contribution in [1.82, 2.24) is 15.6 Å². The van der Waals surface area contributed by atoms with Crippen LogP contribution in [0.5, 0.6) is 0 Å². The first-order valence-corrected chi connectivity index (χ1v) is 10.2. The number of aliphatic imine (C=N–C) groups is 1. The summed E-state index contributed by atoms with van der Waals surface area (Å²) in [6.45, 7) is 8.02. The van der Waals surface area contributed by atoms with Crippen LogP contribution in [0.4, 0.5) is 0 Å². The lowest BCUT2D eigenvalue weighted by atomic mass is 10.1. The maximum Gasteiger partial charge on any atom is 0.191 e. The number of hydrogen-bond acceptors (Lipinski definition) is 5. The van der Waals surface area contributed by atoms with E-state index in [2.05, 4.69) is 20.6 Å². The lowest BCUT2D eigenvalue weighted by molar-refractivity contribution is 0.567. The molecule has 2 rings (SSSR count). The highest BCUT2D eigenvalue weighted by atomic mass is 127. The summed E-state index contributed by atoms with van der Waals surface area (Å²) in [7, 11) is -2.82. The Morgan fingerprint density at radius 3 is 2.65 bits per heavy atom. The number of nitrogens with zero attached hydrogens (tertiary/aromatic N) is 2. The van der Waals surface area contributed by atoms with Crippen molar-refractivity contribution in [3.63, 3.8) is 0 Å². The highest BCUT2D eigenvalue weighted by Crippen LogP contribution is 2.18. The number of rotatable bonds is 5. The lowest BCUT2D eigenvalue weighted by Gasteiger charge is -2.14. The maximum absolute atomic E-state index is 11.5. The van der Waals surface area contributed by atoms with Gasteiger partial charge in [0.25, 0.3) is 0 Å². The van der Waals surface area contributed by atoms with Gasteiger partial charge in [0.2, 0.25) is 0 Å². The van der Waals surface area contributed by atoms with Crippen LogP contribution in [0, 0.1) is 19.8 Å². The zero-order valence-corrected chi connectivity index (χ0v) is 17.7. The van der Waals surface area contributed by atoms with Crippen LogP contribution in [-0.4, -0.2) is 44.0 Å². The molecule has 1 fully saturated rings. The Labute approximate surface area is 159 Å². The van der Waals surface area contributed by atoms with E-state index < -0.39 is 9.84 Å². The zero-order chi connectivity index (χ0) is 16.2. The first-order chi connectivity index (χ1) is 10.4. The fraction of sp³-hybridized carbons (Fsp3) is 0.714. The standard InChI is InChI=1S/C14H24N4O2S2.HI/c1-4-15-14(16-7-12-5-6-22(19,20)9-12)17-8-13-10(2)18-11(3)21-13;/h12H,4-9H2,1-3H3,(H2,15,16,17);1H. The molecule has 0 bridgehead atoms. The molecular formula is C14H25IN4O2S2. The Bertz CT molecular complexity index is 643. The summed E-state index contributed by atoms with van der Waals surface area (Å²) in [6.07, 6.45) is 0.738. The van der Waals surface area contributed by atoms with Gasteiger partial charge >= 0.3 is 0 Å². The Balaban J connectivity index is 0.00000264. The SMILES string of the molecule is CCNC(=NCc1sc(C)nc1C)NCC1CCS(=O)(=O)C1.I. The van der Waals surface area contributed by atoms with Crippen LogP contribution in [0.1, 0.15) is 28.9 Å². The second kappa shape index (κ2) is 9.16. The first kappa shape index (κ1) is 20.6. The van der Waals surface area contributed by atoms with Gasteiger partial charge in [-0.25, -0.2) is 18.4 Å². The number of hydrogen-bond donors (Lipinski definition) is 2. The van der Waals surface area contributed by atoms with E-state index >= 15 is 0 Å². The molecule has 1 unspecified atom stereocenters. The largest absolute Gasteiger partial charge is 0.357 e. The molecule has 2 N–H and O–H groups in total. The molecule has 132 valence electrons. The highest BCUT2D eigenvalue weighted by molar-refractivity contribution is 14.0. The van der Waals surface area contributed by atoms with E-state index in [0.717, 1.165) is 34.5 Å². The van der Waals surface area contributed by atoms with Gasteiger partial charge in [0.05, 0.1) is 28.8 Å². The van der Waals surface area contributed by atoms with E-state index in [1.165, 1.54) is 0 Å². The molecule has 0 spiro atoms.